The summed E-state index contributed by atoms with van der Waals surface area (Å²) in [5.41, 5.74) is 3.24. The summed E-state index contributed by atoms with van der Waals surface area (Å²) in [6.45, 7) is 4.05. The summed E-state index contributed by atoms with van der Waals surface area (Å²) in [7, 11) is 0. The number of aromatic nitrogens is 2. The summed E-state index contributed by atoms with van der Waals surface area (Å²) >= 11 is 1.54. The lowest BCUT2D eigenvalue weighted by Crippen LogP contribution is -2.14. The van der Waals surface area contributed by atoms with Gasteiger partial charge in [0, 0.05) is 11.1 Å². The molecule has 0 atom stereocenters. The Labute approximate surface area is 114 Å². The summed E-state index contributed by atoms with van der Waals surface area (Å²) < 4.78 is 5.00. The third-order valence-electron chi connectivity index (χ3n) is 2.39. The summed E-state index contributed by atoms with van der Waals surface area (Å²) in [4.78, 5) is 22.1. The average molecular weight is 278 g/mol. The molecule has 0 saturated carbocycles. The third kappa shape index (κ3) is 2.88. The maximum Gasteiger partial charge on any atom is 0.341 e. The van der Waals surface area contributed by atoms with Crippen LogP contribution in [0, 0.1) is 6.92 Å². The Morgan fingerprint density at radius 3 is 2.89 bits per heavy atom. The minimum Gasteiger partial charge on any atom is -0.462 e. The first-order chi connectivity index (χ1) is 9.15. The molecule has 0 radical (unpaired) electrons. The van der Waals surface area contributed by atoms with E-state index < -0.39 is 5.97 Å². The molecule has 2 aromatic heterocycles. The zero-order valence-electron chi connectivity index (χ0n) is 10.6. The SMILES string of the molecule is CCOC(=O)c1cnc(NN)nc1-c1ccc(C)s1. The molecule has 7 heteroatoms. The second-order valence-electron chi connectivity index (χ2n) is 3.73. The topological polar surface area (TPSA) is 90.1 Å². The third-order valence-corrected chi connectivity index (χ3v) is 3.39. The number of carbonyl (C=O) groups excluding carboxylic acids is 1. The molecule has 0 bridgehead atoms. The van der Waals surface area contributed by atoms with E-state index in [1.54, 1.807) is 18.3 Å². The molecule has 2 heterocycles. The molecule has 2 aromatic rings. The van der Waals surface area contributed by atoms with E-state index in [4.69, 9.17) is 10.6 Å². The monoisotopic (exact) mass is 278 g/mol. The number of carbonyl (C=O) groups is 1. The number of hydrogen-bond acceptors (Lipinski definition) is 7. The fourth-order valence-electron chi connectivity index (χ4n) is 1.56. The number of nitrogens with two attached hydrogens (primary N) is 1. The predicted octanol–water partition coefficient (Wildman–Crippen LogP) is 1.98. The van der Waals surface area contributed by atoms with E-state index in [2.05, 4.69) is 15.4 Å². The second-order valence-corrected chi connectivity index (χ2v) is 5.02. The summed E-state index contributed by atoms with van der Waals surface area (Å²) in [5, 5.41) is 0. The maximum absolute atomic E-state index is 11.9. The first-order valence-corrected chi connectivity index (χ1v) is 6.55. The van der Waals surface area contributed by atoms with Crippen molar-refractivity contribution in [3.63, 3.8) is 0 Å². The number of hydrazine groups is 1. The van der Waals surface area contributed by atoms with Gasteiger partial charge < -0.3 is 4.74 Å². The highest BCUT2D eigenvalue weighted by Crippen LogP contribution is 2.29. The van der Waals surface area contributed by atoms with Gasteiger partial charge >= 0.3 is 5.97 Å². The Bertz CT molecular complexity index is 597. The van der Waals surface area contributed by atoms with Crippen LogP contribution in [0.2, 0.25) is 0 Å². The highest BCUT2D eigenvalue weighted by Gasteiger charge is 2.18. The van der Waals surface area contributed by atoms with Crippen LogP contribution in [0.3, 0.4) is 0 Å². The quantitative estimate of drug-likeness (QED) is 0.505. The molecule has 0 fully saturated rings. The Balaban J connectivity index is 2.51. The molecular weight excluding hydrogens is 264 g/mol. The summed E-state index contributed by atoms with van der Waals surface area (Å²) in [6.07, 6.45) is 1.42. The van der Waals surface area contributed by atoms with Crippen LogP contribution in [0.25, 0.3) is 10.6 Å². The van der Waals surface area contributed by atoms with E-state index in [0.29, 0.717) is 17.9 Å². The lowest BCUT2D eigenvalue weighted by molar-refractivity contribution is 0.0526. The number of esters is 1. The zero-order chi connectivity index (χ0) is 13.8. The van der Waals surface area contributed by atoms with Gasteiger partial charge in [-0.05, 0) is 26.0 Å². The van der Waals surface area contributed by atoms with Crippen LogP contribution >= 0.6 is 11.3 Å². The normalized spacial score (nSPS) is 10.3. The van der Waals surface area contributed by atoms with E-state index in [9.17, 15) is 4.79 Å². The minimum atomic E-state index is -0.438. The molecule has 6 nitrogen and oxygen atoms in total. The lowest BCUT2D eigenvalue weighted by Gasteiger charge is -2.07. The Hall–Kier alpha value is -1.99. The van der Waals surface area contributed by atoms with Crippen LogP contribution in [0.15, 0.2) is 18.3 Å². The molecule has 0 spiro atoms. The van der Waals surface area contributed by atoms with Gasteiger partial charge in [-0.25, -0.2) is 20.6 Å². The van der Waals surface area contributed by atoms with Crippen molar-refractivity contribution in [1.29, 1.82) is 0 Å². The maximum atomic E-state index is 11.9. The molecule has 0 amide bonds. The molecule has 0 saturated heterocycles. The molecule has 0 aromatic carbocycles. The Kier molecular flexibility index (Phi) is 4.08. The summed E-state index contributed by atoms with van der Waals surface area (Å²) in [5.74, 6) is 5.12. The van der Waals surface area contributed by atoms with Crippen molar-refractivity contribution < 1.29 is 9.53 Å². The molecule has 0 unspecified atom stereocenters. The van der Waals surface area contributed by atoms with Crippen LogP contribution < -0.4 is 11.3 Å². The Morgan fingerprint density at radius 1 is 1.53 bits per heavy atom. The molecule has 3 N–H and O–H groups in total. The van der Waals surface area contributed by atoms with Crippen molar-refractivity contribution >= 4 is 23.3 Å². The number of nitrogen functional groups attached to an aromatic ring is 1. The van der Waals surface area contributed by atoms with Gasteiger partial charge in [-0.15, -0.1) is 11.3 Å². The van der Waals surface area contributed by atoms with Gasteiger partial charge in [-0.1, -0.05) is 0 Å². The van der Waals surface area contributed by atoms with Crippen molar-refractivity contribution in [2.75, 3.05) is 12.0 Å². The van der Waals surface area contributed by atoms with Crippen LogP contribution in [-0.4, -0.2) is 22.5 Å². The van der Waals surface area contributed by atoms with Gasteiger partial charge in [0.15, 0.2) is 0 Å². The van der Waals surface area contributed by atoms with E-state index in [1.165, 1.54) is 6.20 Å². The van der Waals surface area contributed by atoms with Crippen LogP contribution in [0.5, 0.6) is 0 Å². The highest BCUT2D eigenvalue weighted by atomic mass is 32.1. The van der Waals surface area contributed by atoms with E-state index in [0.717, 1.165) is 9.75 Å². The number of hydrogen-bond donors (Lipinski definition) is 2. The van der Waals surface area contributed by atoms with Crippen LogP contribution in [0.1, 0.15) is 22.2 Å². The van der Waals surface area contributed by atoms with Crippen molar-refractivity contribution in [1.82, 2.24) is 9.97 Å². The van der Waals surface area contributed by atoms with Crippen LogP contribution in [-0.2, 0) is 4.74 Å². The van der Waals surface area contributed by atoms with Crippen molar-refractivity contribution in [2.45, 2.75) is 13.8 Å². The zero-order valence-corrected chi connectivity index (χ0v) is 11.5. The molecule has 19 heavy (non-hydrogen) atoms. The lowest BCUT2D eigenvalue weighted by atomic mass is 10.2. The molecule has 100 valence electrons. The minimum absolute atomic E-state index is 0.258. The van der Waals surface area contributed by atoms with Gasteiger partial charge in [-0.3, -0.25) is 5.43 Å². The number of ether oxygens (including phenoxy) is 1. The Morgan fingerprint density at radius 2 is 2.32 bits per heavy atom. The van der Waals surface area contributed by atoms with Gasteiger partial charge in [0.25, 0.3) is 0 Å². The molecule has 0 aliphatic heterocycles. The fraction of sp³-hybridized carbons (Fsp3) is 0.250. The first-order valence-electron chi connectivity index (χ1n) is 5.73. The van der Waals surface area contributed by atoms with Gasteiger partial charge in [0.2, 0.25) is 5.95 Å². The molecule has 2 rings (SSSR count). The number of thiophene rings is 1. The largest absolute Gasteiger partial charge is 0.462 e. The first kappa shape index (κ1) is 13.4. The number of rotatable bonds is 4. The smallest absolute Gasteiger partial charge is 0.341 e. The number of aryl methyl sites for hydroxylation is 1. The number of anilines is 1. The van der Waals surface area contributed by atoms with Gasteiger partial charge in [0.1, 0.15) is 11.3 Å². The van der Waals surface area contributed by atoms with Crippen molar-refractivity contribution in [2.24, 2.45) is 5.84 Å². The van der Waals surface area contributed by atoms with E-state index >= 15 is 0 Å². The van der Waals surface area contributed by atoms with Gasteiger partial charge in [-0.2, -0.15) is 0 Å². The number of nitrogens with zero attached hydrogens (tertiary/aromatic N) is 2. The molecular formula is C12H14N4O2S. The van der Waals surface area contributed by atoms with Gasteiger partial charge in [0.05, 0.1) is 11.5 Å². The standard InChI is InChI=1S/C12H14N4O2S/c1-3-18-11(17)8-6-14-12(16-13)15-10(8)9-5-4-7(2)19-9/h4-6H,3,13H2,1-2H3,(H,14,15,16). The number of nitrogens with one attached hydrogen (secondary N) is 1. The van der Waals surface area contributed by atoms with Crippen LogP contribution in [0.4, 0.5) is 5.95 Å². The van der Waals surface area contributed by atoms with E-state index in [1.807, 2.05) is 19.1 Å². The highest BCUT2D eigenvalue weighted by molar-refractivity contribution is 7.15. The van der Waals surface area contributed by atoms with E-state index in [-0.39, 0.29) is 5.95 Å². The fourth-order valence-corrected chi connectivity index (χ4v) is 2.43. The van der Waals surface area contributed by atoms with Crippen molar-refractivity contribution in [3.05, 3.63) is 28.8 Å². The summed E-state index contributed by atoms with van der Waals surface area (Å²) in [6, 6.07) is 3.87. The molecule has 0 aliphatic rings. The second kappa shape index (κ2) is 5.77. The molecule has 0 aliphatic carbocycles. The predicted molar refractivity (Wildman–Crippen MR) is 73.8 cm³/mol. The average Bonchev–Trinajstić information content (AvgIpc) is 2.85. The van der Waals surface area contributed by atoms with Crippen molar-refractivity contribution in [3.8, 4) is 10.6 Å².